The Bertz CT molecular complexity index is 1210. The number of hydrogen-bond acceptors (Lipinski definition) is 7. The van der Waals surface area contributed by atoms with E-state index >= 15 is 0 Å². The standard InChI is InChI=1S/C26H27N3O4/c1-4-32-25(2,3)15-30-19-8-10-23-21(13-19)26(16-31-24(27)29-26)20-12-17(7-9-22(20)33-23)18-6-5-11-28-14-18/h5-14H,4,15-16H2,1-3H3,(H2,27,29)/t26-/m0/s1. The van der Waals surface area contributed by atoms with Crippen LogP contribution in [0.4, 0.5) is 0 Å². The van der Waals surface area contributed by atoms with Crippen molar-refractivity contribution in [3.63, 3.8) is 0 Å². The maximum absolute atomic E-state index is 6.27. The van der Waals surface area contributed by atoms with E-state index in [-0.39, 0.29) is 12.6 Å². The normalized spacial score (nSPS) is 18.7. The molecule has 2 aromatic carbocycles. The lowest BCUT2D eigenvalue weighted by Gasteiger charge is -2.34. The lowest BCUT2D eigenvalue weighted by atomic mass is 9.80. The molecular weight excluding hydrogens is 418 g/mol. The van der Waals surface area contributed by atoms with Gasteiger partial charge in [-0.2, -0.15) is 0 Å². The Morgan fingerprint density at radius 1 is 1.06 bits per heavy atom. The number of aliphatic imine (C=N–C) groups is 1. The first kappa shape index (κ1) is 21.3. The van der Waals surface area contributed by atoms with E-state index in [0.717, 1.165) is 28.0 Å². The van der Waals surface area contributed by atoms with Gasteiger partial charge in [-0.1, -0.05) is 12.1 Å². The van der Waals surface area contributed by atoms with Crippen LogP contribution >= 0.6 is 0 Å². The third kappa shape index (κ3) is 3.89. The molecule has 0 bridgehead atoms. The van der Waals surface area contributed by atoms with Crippen LogP contribution < -0.4 is 15.2 Å². The van der Waals surface area contributed by atoms with Crippen molar-refractivity contribution in [3.05, 3.63) is 72.1 Å². The van der Waals surface area contributed by atoms with Gasteiger partial charge in [-0.25, -0.2) is 4.99 Å². The van der Waals surface area contributed by atoms with Gasteiger partial charge in [0.25, 0.3) is 6.02 Å². The summed E-state index contributed by atoms with van der Waals surface area (Å²) in [5.41, 5.74) is 8.57. The quantitative estimate of drug-likeness (QED) is 0.595. The van der Waals surface area contributed by atoms with Gasteiger partial charge in [-0.3, -0.25) is 4.98 Å². The number of nitrogens with zero attached hydrogens (tertiary/aromatic N) is 2. The van der Waals surface area contributed by atoms with Crippen molar-refractivity contribution in [1.29, 1.82) is 0 Å². The van der Waals surface area contributed by atoms with Crippen molar-refractivity contribution in [2.75, 3.05) is 19.8 Å². The molecule has 2 aliphatic rings. The lowest BCUT2D eigenvalue weighted by Crippen LogP contribution is -2.33. The molecule has 7 heteroatoms. The highest BCUT2D eigenvalue weighted by Crippen LogP contribution is 2.52. The molecule has 0 saturated heterocycles. The molecule has 170 valence electrons. The minimum absolute atomic E-state index is 0.157. The van der Waals surface area contributed by atoms with Crippen LogP contribution in [0.2, 0.25) is 0 Å². The summed E-state index contributed by atoms with van der Waals surface area (Å²) in [6.07, 6.45) is 3.59. The molecule has 1 atom stereocenters. The zero-order chi connectivity index (χ0) is 23.1. The Morgan fingerprint density at radius 2 is 1.85 bits per heavy atom. The fraction of sp³-hybridized carbons (Fsp3) is 0.308. The van der Waals surface area contributed by atoms with Crippen molar-refractivity contribution < 1.29 is 18.9 Å². The Balaban J connectivity index is 1.57. The van der Waals surface area contributed by atoms with Crippen LogP contribution in [0.5, 0.6) is 17.2 Å². The molecule has 0 radical (unpaired) electrons. The first-order chi connectivity index (χ1) is 15.9. The van der Waals surface area contributed by atoms with E-state index in [1.165, 1.54) is 0 Å². The molecule has 0 unspecified atom stereocenters. The molecule has 5 rings (SSSR count). The van der Waals surface area contributed by atoms with Crippen LogP contribution in [0.15, 0.2) is 65.9 Å². The molecule has 3 heterocycles. The van der Waals surface area contributed by atoms with Crippen LogP contribution in [0.25, 0.3) is 11.1 Å². The third-order valence-corrected chi connectivity index (χ3v) is 5.89. The van der Waals surface area contributed by atoms with Crippen molar-refractivity contribution in [2.45, 2.75) is 31.9 Å². The van der Waals surface area contributed by atoms with Crippen molar-refractivity contribution in [3.8, 4) is 28.4 Å². The third-order valence-electron chi connectivity index (χ3n) is 5.89. The summed E-state index contributed by atoms with van der Waals surface area (Å²) in [5.74, 6) is 2.13. The minimum Gasteiger partial charge on any atom is -0.491 e. The smallest absolute Gasteiger partial charge is 0.283 e. The fourth-order valence-corrected chi connectivity index (χ4v) is 4.33. The maximum atomic E-state index is 6.27. The summed E-state index contributed by atoms with van der Waals surface area (Å²) in [7, 11) is 0. The molecule has 2 aliphatic heterocycles. The van der Waals surface area contributed by atoms with Crippen molar-refractivity contribution in [2.24, 2.45) is 10.7 Å². The summed E-state index contributed by atoms with van der Waals surface area (Å²) in [6, 6.07) is 15.9. The molecule has 2 N–H and O–H groups in total. The largest absolute Gasteiger partial charge is 0.491 e. The number of benzene rings is 2. The SMILES string of the molecule is CCOC(C)(C)COc1ccc2c(c1)[C@]1(COC(N)=N1)c1cc(-c3cccnc3)ccc1O2. The Labute approximate surface area is 193 Å². The van der Waals surface area contributed by atoms with Gasteiger partial charge in [-0.05, 0) is 62.7 Å². The fourth-order valence-electron chi connectivity index (χ4n) is 4.33. The highest BCUT2D eigenvalue weighted by Gasteiger charge is 2.47. The molecule has 0 fully saturated rings. The van der Waals surface area contributed by atoms with Gasteiger partial charge in [0, 0.05) is 35.7 Å². The molecular formula is C26H27N3O4. The molecule has 1 aromatic heterocycles. The second-order valence-electron chi connectivity index (χ2n) is 8.79. The molecule has 33 heavy (non-hydrogen) atoms. The van der Waals surface area contributed by atoms with Gasteiger partial charge >= 0.3 is 0 Å². The number of pyridine rings is 1. The van der Waals surface area contributed by atoms with Crippen LogP contribution in [-0.2, 0) is 15.0 Å². The Morgan fingerprint density at radius 3 is 2.55 bits per heavy atom. The van der Waals surface area contributed by atoms with Gasteiger partial charge in [-0.15, -0.1) is 0 Å². The van der Waals surface area contributed by atoms with Gasteiger partial charge in [0.05, 0.1) is 5.60 Å². The number of aromatic nitrogens is 1. The van der Waals surface area contributed by atoms with E-state index in [1.54, 1.807) is 6.20 Å². The number of amidine groups is 1. The van der Waals surface area contributed by atoms with Crippen molar-refractivity contribution >= 4 is 6.02 Å². The minimum atomic E-state index is -0.819. The molecule has 0 saturated carbocycles. The topological polar surface area (TPSA) is 88.2 Å². The zero-order valence-electron chi connectivity index (χ0n) is 19.0. The highest BCUT2D eigenvalue weighted by atomic mass is 16.5. The zero-order valence-corrected chi connectivity index (χ0v) is 19.0. The van der Waals surface area contributed by atoms with E-state index in [9.17, 15) is 0 Å². The van der Waals surface area contributed by atoms with Gasteiger partial charge in [0.1, 0.15) is 30.5 Å². The van der Waals surface area contributed by atoms with E-state index in [0.29, 0.717) is 24.7 Å². The summed E-state index contributed by atoms with van der Waals surface area (Å²) < 4.78 is 23.8. The monoisotopic (exact) mass is 445 g/mol. The van der Waals surface area contributed by atoms with Gasteiger partial charge in [0.15, 0.2) is 5.54 Å². The number of fused-ring (bicyclic) bond motifs is 4. The number of hydrogen-bond donors (Lipinski definition) is 1. The van der Waals surface area contributed by atoms with Crippen LogP contribution in [0, 0.1) is 0 Å². The predicted molar refractivity (Wildman–Crippen MR) is 126 cm³/mol. The summed E-state index contributed by atoms with van der Waals surface area (Å²) >= 11 is 0. The van der Waals surface area contributed by atoms with E-state index in [4.69, 9.17) is 29.7 Å². The number of ether oxygens (including phenoxy) is 4. The van der Waals surface area contributed by atoms with Gasteiger partial charge < -0.3 is 24.7 Å². The van der Waals surface area contributed by atoms with E-state index < -0.39 is 11.1 Å². The van der Waals surface area contributed by atoms with Gasteiger partial charge in [0.2, 0.25) is 0 Å². The molecule has 3 aromatic rings. The molecule has 0 amide bonds. The Kier molecular flexibility index (Phi) is 5.21. The first-order valence-corrected chi connectivity index (χ1v) is 11.0. The summed E-state index contributed by atoms with van der Waals surface area (Å²) in [6.45, 7) is 7.31. The average Bonchev–Trinajstić information content (AvgIpc) is 3.21. The number of nitrogens with two attached hydrogens (primary N) is 1. The number of rotatable bonds is 6. The lowest BCUT2D eigenvalue weighted by molar-refractivity contribution is -0.0407. The van der Waals surface area contributed by atoms with Crippen LogP contribution in [0.1, 0.15) is 31.9 Å². The second-order valence-corrected chi connectivity index (χ2v) is 8.79. The summed E-state index contributed by atoms with van der Waals surface area (Å²) in [5, 5.41) is 0. The van der Waals surface area contributed by atoms with E-state index in [1.807, 2.05) is 69.4 Å². The van der Waals surface area contributed by atoms with Crippen molar-refractivity contribution in [1.82, 2.24) is 4.98 Å². The molecule has 0 aliphatic carbocycles. The summed E-state index contributed by atoms with van der Waals surface area (Å²) in [4.78, 5) is 9.02. The Hall–Kier alpha value is -3.58. The predicted octanol–water partition coefficient (Wildman–Crippen LogP) is 4.64. The molecule has 7 nitrogen and oxygen atoms in total. The van der Waals surface area contributed by atoms with Crippen LogP contribution in [0.3, 0.4) is 0 Å². The first-order valence-electron chi connectivity index (χ1n) is 11.0. The second kappa shape index (κ2) is 8.08. The van der Waals surface area contributed by atoms with E-state index in [2.05, 4.69) is 11.1 Å². The van der Waals surface area contributed by atoms with Crippen LogP contribution in [-0.4, -0.2) is 36.4 Å². The molecule has 1 spiro atoms. The maximum Gasteiger partial charge on any atom is 0.283 e. The highest BCUT2D eigenvalue weighted by molar-refractivity contribution is 5.78. The average molecular weight is 446 g/mol.